The van der Waals surface area contributed by atoms with Crippen molar-refractivity contribution in [2.24, 2.45) is 0 Å². The van der Waals surface area contributed by atoms with E-state index in [1.165, 1.54) is 0 Å². The van der Waals surface area contributed by atoms with E-state index in [4.69, 9.17) is 52.1 Å². The minimum Gasteiger partial charge on any atom is -0.387 e. The molecule has 0 aliphatic heterocycles. The molecule has 1 aromatic carbocycles. The minimum atomic E-state index is -2.00. The monoisotopic (exact) mass is 514 g/mol. The summed E-state index contributed by atoms with van der Waals surface area (Å²) < 4.78 is 0. The first-order valence-electron chi connectivity index (χ1n) is 6.80. The molecule has 0 saturated carbocycles. The van der Waals surface area contributed by atoms with Gasteiger partial charge in [0.1, 0.15) is 0 Å². The molecule has 0 amide bonds. The Bertz CT molecular complexity index is 777. The van der Waals surface area contributed by atoms with Gasteiger partial charge in [0.2, 0.25) is 5.69 Å². The average molecular weight is 516 g/mol. The molecular weight excluding hydrogens is 506 g/mol. The third-order valence-electron chi connectivity index (χ3n) is 2.46. The quantitative estimate of drug-likeness (QED) is 0.237. The zero-order chi connectivity index (χ0) is 24.2. The van der Waals surface area contributed by atoms with Gasteiger partial charge in [-0.15, -0.1) is 46.4 Å². The van der Waals surface area contributed by atoms with E-state index in [2.05, 4.69) is 0 Å². The van der Waals surface area contributed by atoms with E-state index < -0.39 is 58.7 Å². The van der Waals surface area contributed by atoms with Gasteiger partial charge < -0.3 is 5.73 Å². The van der Waals surface area contributed by atoms with Crippen LogP contribution in [0.15, 0.2) is 0 Å². The van der Waals surface area contributed by atoms with Crippen LogP contribution >= 0.6 is 46.4 Å². The Morgan fingerprint density at radius 1 is 0.500 bits per heavy atom. The Morgan fingerprint density at radius 3 is 0.800 bits per heavy atom. The molecule has 0 unspecified atom stereocenters. The summed E-state index contributed by atoms with van der Waals surface area (Å²) in [5, 5.41) is 54.0. The van der Waals surface area contributed by atoms with Gasteiger partial charge in [-0.2, -0.15) is 0 Å². The lowest BCUT2D eigenvalue weighted by molar-refractivity contribution is -0.459. The van der Waals surface area contributed by atoms with E-state index in [0.29, 0.717) is 23.5 Å². The highest BCUT2D eigenvalue weighted by molar-refractivity contribution is 6.26. The van der Waals surface area contributed by atoms with Crippen molar-refractivity contribution in [3.05, 3.63) is 50.6 Å². The van der Waals surface area contributed by atoms with Crippen LogP contribution in [0.3, 0.4) is 0 Å². The molecule has 0 atom stereocenters. The van der Waals surface area contributed by atoms with Gasteiger partial charge in [-0.1, -0.05) is 0 Å². The second-order valence-electron chi connectivity index (χ2n) is 4.20. The number of halogens is 4. The predicted molar refractivity (Wildman–Crippen MR) is 107 cm³/mol. The first kappa shape index (κ1) is 29.4. The Kier molecular flexibility index (Phi) is 13.9. The zero-order valence-electron chi connectivity index (χ0n) is 14.2. The molecule has 0 fully saturated rings. The van der Waals surface area contributed by atoms with E-state index in [1.807, 2.05) is 0 Å². The molecule has 168 valence electrons. The molecule has 20 heteroatoms. The molecule has 1 rings (SSSR count). The highest BCUT2D eigenvalue weighted by Gasteiger charge is 2.53. The number of alkyl halides is 4. The first-order chi connectivity index (χ1) is 13.8. The summed E-state index contributed by atoms with van der Waals surface area (Å²) >= 11 is 20.2. The van der Waals surface area contributed by atoms with Gasteiger partial charge in [0, 0.05) is 23.5 Å². The number of nitrogens with zero attached hydrogens (tertiary/aromatic N) is 5. The third kappa shape index (κ3) is 7.90. The van der Waals surface area contributed by atoms with Crippen molar-refractivity contribution >= 4 is 80.5 Å². The topological polar surface area (TPSA) is 242 Å². The number of rotatable bonds is 7. The van der Waals surface area contributed by atoms with Crippen LogP contribution in [0.1, 0.15) is 0 Å². The van der Waals surface area contributed by atoms with Crippen LogP contribution < -0.4 is 5.73 Å². The summed E-state index contributed by atoms with van der Waals surface area (Å²) in [6.07, 6.45) is 0. The SMILES string of the molecule is ClCCCl.ClCCCl.Nc1c([N+](=O)[O-])c([N+](=O)[O-])c([N+](=O)[O-])c([N+](=O)[O-])c1[N+](=O)[O-]. The smallest absolute Gasteiger partial charge is 0.387 e. The standard InChI is InChI=1S/C6H2N6O10.2C2H4Cl2/c7-1-2(8(13)14)4(10(17)18)6(12(21)22)5(11(19)20)3(1)9(15)16;2*3-1-2-4/h7H2;2*1-2H2. The molecule has 0 aromatic heterocycles. The van der Waals surface area contributed by atoms with Crippen LogP contribution in [0, 0.1) is 50.6 Å². The Balaban J connectivity index is 0. The fraction of sp³-hybridized carbons (Fsp3) is 0.400. The molecule has 0 saturated heterocycles. The predicted octanol–water partition coefficient (Wildman–Crippen LogP) is 3.74. The summed E-state index contributed by atoms with van der Waals surface area (Å²) in [4.78, 5) is 45.9. The highest BCUT2D eigenvalue weighted by Crippen LogP contribution is 2.53. The second-order valence-corrected chi connectivity index (χ2v) is 5.71. The number of benzene rings is 1. The van der Waals surface area contributed by atoms with Crippen molar-refractivity contribution in [2.45, 2.75) is 0 Å². The highest BCUT2D eigenvalue weighted by atomic mass is 35.5. The summed E-state index contributed by atoms with van der Waals surface area (Å²) in [6.45, 7) is 0. The summed E-state index contributed by atoms with van der Waals surface area (Å²) in [6, 6.07) is 0. The number of nitrogen functional groups attached to an aromatic ring is 1. The van der Waals surface area contributed by atoms with Crippen LogP contribution in [0.4, 0.5) is 34.1 Å². The molecule has 0 heterocycles. The van der Waals surface area contributed by atoms with E-state index in [0.717, 1.165) is 0 Å². The minimum absolute atomic E-state index is 0.557. The summed E-state index contributed by atoms with van der Waals surface area (Å²) in [5.74, 6) is 2.23. The van der Waals surface area contributed by atoms with Gasteiger partial charge in [0.25, 0.3) is 0 Å². The number of nitrogens with two attached hydrogens (primary N) is 1. The van der Waals surface area contributed by atoms with Crippen molar-refractivity contribution in [1.29, 1.82) is 0 Å². The number of nitro benzene ring substituents is 5. The van der Waals surface area contributed by atoms with E-state index >= 15 is 0 Å². The average Bonchev–Trinajstić information content (AvgIpc) is 2.65. The maximum atomic E-state index is 10.8. The van der Waals surface area contributed by atoms with Crippen molar-refractivity contribution in [1.82, 2.24) is 0 Å². The fourth-order valence-corrected chi connectivity index (χ4v) is 1.59. The Hall–Kier alpha value is -2.82. The van der Waals surface area contributed by atoms with E-state index in [9.17, 15) is 50.6 Å². The molecule has 30 heavy (non-hydrogen) atoms. The maximum Gasteiger partial charge on any atom is 0.437 e. The molecule has 0 aliphatic carbocycles. The lowest BCUT2D eigenvalue weighted by Gasteiger charge is -2.02. The molecule has 2 N–H and O–H groups in total. The largest absolute Gasteiger partial charge is 0.437 e. The normalized spacial score (nSPS) is 9.33. The van der Waals surface area contributed by atoms with Crippen molar-refractivity contribution in [3.63, 3.8) is 0 Å². The van der Waals surface area contributed by atoms with Gasteiger partial charge in [-0.3, -0.25) is 50.6 Å². The zero-order valence-corrected chi connectivity index (χ0v) is 17.3. The van der Waals surface area contributed by atoms with Gasteiger partial charge in [0.05, 0.1) is 24.6 Å². The number of hydrogen-bond acceptors (Lipinski definition) is 11. The first-order valence-corrected chi connectivity index (χ1v) is 8.94. The molecular formula is C10H10Cl4N6O10. The van der Waals surface area contributed by atoms with Gasteiger partial charge in [-0.05, 0) is 0 Å². The fourth-order valence-electron chi connectivity index (χ4n) is 1.59. The second kappa shape index (κ2) is 14.2. The summed E-state index contributed by atoms with van der Waals surface area (Å²) in [5.41, 5.74) is -5.87. The van der Waals surface area contributed by atoms with E-state index in [1.54, 1.807) is 0 Å². The van der Waals surface area contributed by atoms with Crippen molar-refractivity contribution < 1.29 is 24.6 Å². The Labute approximate surface area is 185 Å². The van der Waals surface area contributed by atoms with Crippen LogP contribution in [0.25, 0.3) is 0 Å². The van der Waals surface area contributed by atoms with Crippen LogP contribution in [0.2, 0.25) is 0 Å². The van der Waals surface area contributed by atoms with Crippen molar-refractivity contribution in [3.8, 4) is 0 Å². The van der Waals surface area contributed by atoms with E-state index in [-0.39, 0.29) is 0 Å². The number of anilines is 1. The molecule has 16 nitrogen and oxygen atoms in total. The molecule has 1 aromatic rings. The number of nitro groups is 5. The molecule has 0 radical (unpaired) electrons. The molecule has 0 aliphatic rings. The maximum absolute atomic E-state index is 10.8. The van der Waals surface area contributed by atoms with Crippen LogP contribution in [-0.2, 0) is 0 Å². The lowest BCUT2D eigenvalue weighted by Crippen LogP contribution is -2.11. The van der Waals surface area contributed by atoms with Crippen molar-refractivity contribution in [2.75, 3.05) is 29.3 Å². The van der Waals surface area contributed by atoms with Gasteiger partial charge in [0.15, 0.2) is 0 Å². The molecule has 0 spiro atoms. The lowest BCUT2D eigenvalue weighted by atomic mass is 10.1. The van der Waals surface area contributed by atoms with Crippen LogP contribution in [-0.4, -0.2) is 48.1 Å². The Morgan fingerprint density at radius 2 is 0.667 bits per heavy atom. The third-order valence-corrected chi connectivity index (χ3v) is 3.61. The summed E-state index contributed by atoms with van der Waals surface area (Å²) in [7, 11) is 0. The van der Waals surface area contributed by atoms with Gasteiger partial charge >= 0.3 is 28.4 Å². The van der Waals surface area contributed by atoms with Gasteiger partial charge in [-0.25, -0.2) is 0 Å². The molecule has 0 bridgehead atoms. The van der Waals surface area contributed by atoms with Crippen LogP contribution in [0.5, 0.6) is 0 Å². The number of hydrogen-bond donors (Lipinski definition) is 1.